The minimum absolute atomic E-state index is 0.460. The Bertz CT molecular complexity index is 1510. The summed E-state index contributed by atoms with van der Waals surface area (Å²) in [6.07, 6.45) is 13.2. The summed E-state index contributed by atoms with van der Waals surface area (Å²) in [4.78, 5) is 8.84. The highest BCUT2D eigenvalue weighted by Crippen LogP contribution is 2.31. The smallest absolute Gasteiger partial charge is 0.287 e. The maximum absolute atomic E-state index is 6.10. The van der Waals surface area contributed by atoms with Crippen molar-refractivity contribution in [2.24, 2.45) is 0 Å². The molecule has 1 aliphatic rings. The third-order valence-electron chi connectivity index (χ3n) is 5.37. The Balaban J connectivity index is 1.40. The van der Waals surface area contributed by atoms with Crippen LogP contribution >= 0.6 is 0 Å². The van der Waals surface area contributed by atoms with Gasteiger partial charge in [0, 0.05) is 23.0 Å². The van der Waals surface area contributed by atoms with Crippen LogP contribution in [0.1, 0.15) is 0 Å². The molecule has 6 rings (SSSR count). The highest BCUT2D eigenvalue weighted by molar-refractivity contribution is 6.09. The SMILES string of the molecule is [c-]1nccc[n+]1C1=CC(Oc2cccc(-n3c4ccccc4c4ccccc43)n2)=COC=C1. The zero-order chi connectivity index (χ0) is 22.0. The second-order valence-electron chi connectivity index (χ2n) is 7.42. The maximum Gasteiger partial charge on any atom is 0.287 e. The number of fused-ring (bicyclic) bond motifs is 3. The van der Waals surface area contributed by atoms with Crippen LogP contribution in [0.25, 0.3) is 33.3 Å². The Morgan fingerprint density at radius 2 is 1.67 bits per heavy atom. The molecule has 4 heterocycles. The number of pyridine rings is 1. The van der Waals surface area contributed by atoms with Crippen LogP contribution in [0.3, 0.4) is 0 Å². The van der Waals surface area contributed by atoms with Gasteiger partial charge in [0.2, 0.25) is 5.88 Å². The fraction of sp³-hybridized carbons (Fsp3) is 0. The molecule has 0 saturated carbocycles. The summed E-state index contributed by atoms with van der Waals surface area (Å²) >= 11 is 0. The van der Waals surface area contributed by atoms with Gasteiger partial charge in [-0.25, -0.2) is 0 Å². The molecule has 2 aromatic carbocycles. The first-order valence-corrected chi connectivity index (χ1v) is 10.5. The lowest BCUT2D eigenvalue weighted by Gasteiger charge is -2.10. The van der Waals surface area contributed by atoms with Crippen molar-refractivity contribution in [2.45, 2.75) is 0 Å². The molecule has 0 atom stereocenters. The van der Waals surface area contributed by atoms with E-state index in [1.165, 1.54) is 17.0 Å². The number of hydrogen-bond acceptors (Lipinski definition) is 4. The summed E-state index contributed by atoms with van der Waals surface area (Å²) in [6.45, 7) is 0. The number of allylic oxidation sites excluding steroid dienone is 3. The zero-order valence-electron chi connectivity index (χ0n) is 17.5. The third-order valence-corrected chi connectivity index (χ3v) is 5.37. The van der Waals surface area contributed by atoms with E-state index in [0.29, 0.717) is 11.6 Å². The third kappa shape index (κ3) is 3.53. The lowest BCUT2D eigenvalue weighted by molar-refractivity contribution is -0.586. The molecule has 5 aromatic rings. The van der Waals surface area contributed by atoms with E-state index in [1.807, 2.05) is 54.7 Å². The molecule has 0 amide bonds. The fourth-order valence-corrected chi connectivity index (χ4v) is 3.96. The first-order valence-electron chi connectivity index (χ1n) is 10.5. The standard InChI is InChI=1S/C27H18N4O2/c1-3-9-24-22(7-1)23-8-2-4-10-25(23)31(24)26-11-5-12-27(29-26)33-21-17-20(13-16-32-18-21)30-15-6-14-28-19-30/h1-18H. The topological polar surface area (TPSA) is 53.0 Å². The number of ether oxygens (including phenoxy) is 2. The lowest BCUT2D eigenvalue weighted by Crippen LogP contribution is -2.31. The van der Waals surface area contributed by atoms with Crippen molar-refractivity contribution in [3.05, 3.63) is 122 Å². The number of nitrogens with zero attached hydrogens (tertiary/aromatic N) is 4. The van der Waals surface area contributed by atoms with Crippen molar-refractivity contribution in [1.29, 1.82) is 0 Å². The van der Waals surface area contributed by atoms with Gasteiger partial charge in [-0.3, -0.25) is 4.57 Å². The molecule has 0 fully saturated rings. The van der Waals surface area contributed by atoms with Gasteiger partial charge in [-0.1, -0.05) is 48.5 Å². The molecule has 0 saturated heterocycles. The highest BCUT2D eigenvalue weighted by atomic mass is 16.5. The average molecular weight is 430 g/mol. The summed E-state index contributed by atoms with van der Waals surface area (Å²) in [6, 6.07) is 24.2. The van der Waals surface area contributed by atoms with Gasteiger partial charge < -0.3 is 14.0 Å². The zero-order valence-corrected chi connectivity index (χ0v) is 17.5. The monoisotopic (exact) mass is 430 g/mol. The van der Waals surface area contributed by atoms with Crippen LogP contribution < -0.4 is 9.30 Å². The number of para-hydroxylation sites is 2. The van der Waals surface area contributed by atoms with Crippen LogP contribution in [0.5, 0.6) is 5.88 Å². The van der Waals surface area contributed by atoms with E-state index >= 15 is 0 Å². The largest absolute Gasteiger partial charge is 0.469 e. The Morgan fingerprint density at radius 3 is 2.42 bits per heavy atom. The number of rotatable bonds is 4. The van der Waals surface area contributed by atoms with Crippen LogP contribution in [-0.2, 0) is 4.74 Å². The molecule has 3 aromatic heterocycles. The van der Waals surface area contributed by atoms with E-state index in [0.717, 1.165) is 22.5 Å². The minimum Gasteiger partial charge on any atom is -0.469 e. The summed E-state index contributed by atoms with van der Waals surface area (Å²) in [5.74, 6) is 1.74. The lowest BCUT2D eigenvalue weighted by atomic mass is 10.2. The van der Waals surface area contributed by atoms with Crippen molar-refractivity contribution < 1.29 is 14.0 Å². The summed E-state index contributed by atoms with van der Waals surface area (Å²) in [5, 5.41) is 2.37. The summed E-state index contributed by atoms with van der Waals surface area (Å²) < 4.78 is 15.5. The number of benzene rings is 2. The second kappa shape index (κ2) is 8.09. The molecule has 0 bridgehead atoms. The van der Waals surface area contributed by atoms with Gasteiger partial charge in [0.25, 0.3) is 6.33 Å². The van der Waals surface area contributed by atoms with Crippen LogP contribution in [-0.4, -0.2) is 14.5 Å². The van der Waals surface area contributed by atoms with E-state index in [4.69, 9.17) is 14.5 Å². The number of aromatic nitrogens is 4. The van der Waals surface area contributed by atoms with E-state index < -0.39 is 0 Å². The van der Waals surface area contributed by atoms with Gasteiger partial charge in [0.15, 0.2) is 5.76 Å². The highest BCUT2D eigenvalue weighted by Gasteiger charge is 2.13. The Morgan fingerprint density at radius 1 is 0.879 bits per heavy atom. The normalized spacial score (nSPS) is 13.3. The van der Waals surface area contributed by atoms with Gasteiger partial charge >= 0.3 is 0 Å². The second-order valence-corrected chi connectivity index (χ2v) is 7.42. The molecule has 1 aliphatic heterocycles. The summed E-state index contributed by atoms with van der Waals surface area (Å²) in [7, 11) is 0. The van der Waals surface area contributed by atoms with Crippen LogP contribution in [0.4, 0.5) is 0 Å². The van der Waals surface area contributed by atoms with Crippen LogP contribution in [0.2, 0.25) is 0 Å². The van der Waals surface area contributed by atoms with Crippen molar-refractivity contribution in [1.82, 2.24) is 14.5 Å². The van der Waals surface area contributed by atoms with Gasteiger partial charge in [-0.2, -0.15) is 4.98 Å². The number of hydrogen-bond donors (Lipinski definition) is 0. The molecular weight excluding hydrogens is 412 g/mol. The fourth-order valence-electron chi connectivity index (χ4n) is 3.96. The van der Waals surface area contributed by atoms with Gasteiger partial charge in [0.05, 0.1) is 29.2 Å². The van der Waals surface area contributed by atoms with E-state index in [2.05, 4.69) is 52.3 Å². The Hall–Kier alpha value is -4.71. The average Bonchev–Trinajstić information content (AvgIpc) is 3.02. The van der Waals surface area contributed by atoms with Crippen molar-refractivity contribution in [3.8, 4) is 11.7 Å². The quantitative estimate of drug-likeness (QED) is 0.299. The Kier molecular flexibility index (Phi) is 4.66. The Labute approximate surface area is 190 Å². The predicted octanol–water partition coefficient (Wildman–Crippen LogP) is 4.97. The van der Waals surface area contributed by atoms with E-state index in [9.17, 15) is 0 Å². The molecule has 0 aliphatic carbocycles. The van der Waals surface area contributed by atoms with Crippen molar-refractivity contribution >= 4 is 27.5 Å². The van der Waals surface area contributed by atoms with Crippen molar-refractivity contribution in [2.75, 3.05) is 0 Å². The molecule has 0 spiro atoms. The van der Waals surface area contributed by atoms with Gasteiger partial charge in [-0.05, 0) is 30.4 Å². The predicted molar refractivity (Wildman–Crippen MR) is 125 cm³/mol. The first-order chi connectivity index (χ1) is 16.4. The molecule has 33 heavy (non-hydrogen) atoms. The van der Waals surface area contributed by atoms with Crippen molar-refractivity contribution in [3.63, 3.8) is 0 Å². The molecule has 0 radical (unpaired) electrons. The maximum atomic E-state index is 6.10. The molecule has 158 valence electrons. The van der Waals surface area contributed by atoms with E-state index in [1.54, 1.807) is 17.0 Å². The molecule has 0 unspecified atom stereocenters. The molecule has 0 N–H and O–H groups in total. The van der Waals surface area contributed by atoms with Gasteiger partial charge in [-0.15, -0.1) is 4.98 Å². The summed E-state index contributed by atoms with van der Waals surface area (Å²) in [5.41, 5.74) is 2.98. The van der Waals surface area contributed by atoms with Gasteiger partial charge in [0.1, 0.15) is 12.1 Å². The minimum atomic E-state index is 0.460. The molecular formula is C27H18N4O2. The van der Waals surface area contributed by atoms with Crippen LogP contribution in [0, 0.1) is 6.33 Å². The molecule has 6 nitrogen and oxygen atoms in total. The first kappa shape index (κ1) is 19.0. The van der Waals surface area contributed by atoms with Crippen LogP contribution in [0.15, 0.2) is 116 Å². The molecule has 6 heteroatoms. The van der Waals surface area contributed by atoms with E-state index in [-0.39, 0.29) is 0 Å².